The highest BCUT2D eigenvalue weighted by molar-refractivity contribution is 5.79. The highest BCUT2D eigenvalue weighted by atomic mass is 16.2. The maximum atomic E-state index is 11.5. The highest BCUT2D eigenvalue weighted by Gasteiger charge is 2.23. The predicted molar refractivity (Wildman–Crippen MR) is 63.1 cm³/mol. The minimum Gasteiger partial charge on any atom is -0.354 e. The van der Waals surface area contributed by atoms with Gasteiger partial charge >= 0.3 is 0 Å². The van der Waals surface area contributed by atoms with Crippen molar-refractivity contribution in [3.63, 3.8) is 0 Å². The van der Waals surface area contributed by atoms with Crippen molar-refractivity contribution in [1.29, 1.82) is 5.26 Å². The van der Waals surface area contributed by atoms with Gasteiger partial charge in [-0.1, -0.05) is 0 Å². The van der Waals surface area contributed by atoms with Crippen molar-refractivity contribution in [3.8, 4) is 6.07 Å². The molecule has 1 fully saturated rings. The van der Waals surface area contributed by atoms with Crippen molar-refractivity contribution in [1.82, 2.24) is 10.2 Å². The zero-order chi connectivity index (χ0) is 12.7. The number of nitriles is 1. The molecule has 1 N–H and O–H groups in total. The third-order valence-corrected chi connectivity index (χ3v) is 3.09. The molecular weight excluding hydrogens is 218 g/mol. The first kappa shape index (κ1) is 13.7. The summed E-state index contributed by atoms with van der Waals surface area (Å²) in [5, 5.41) is 11.0. The number of ketones is 1. The van der Waals surface area contributed by atoms with Crippen LogP contribution in [0.3, 0.4) is 0 Å². The van der Waals surface area contributed by atoms with Crippen LogP contribution < -0.4 is 5.32 Å². The lowest BCUT2D eigenvalue weighted by atomic mass is 9.93. The van der Waals surface area contributed by atoms with Gasteiger partial charge in [-0.3, -0.25) is 14.5 Å². The molecule has 5 nitrogen and oxygen atoms in total. The molecule has 0 aromatic heterocycles. The molecule has 1 rings (SSSR count). The Morgan fingerprint density at radius 1 is 1.53 bits per heavy atom. The molecule has 17 heavy (non-hydrogen) atoms. The van der Waals surface area contributed by atoms with Crippen LogP contribution in [0, 0.1) is 11.3 Å². The van der Waals surface area contributed by atoms with Gasteiger partial charge in [0.2, 0.25) is 5.91 Å². The van der Waals surface area contributed by atoms with Gasteiger partial charge in [-0.15, -0.1) is 0 Å². The summed E-state index contributed by atoms with van der Waals surface area (Å²) in [5.41, 5.74) is 0. The van der Waals surface area contributed by atoms with Crippen LogP contribution in [0.2, 0.25) is 0 Å². The quantitative estimate of drug-likeness (QED) is 0.705. The van der Waals surface area contributed by atoms with Crippen LogP contribution in [0.5, 0.6) is 0 Å². The van der Waals surface area contributed by atoms with E-state index in [9.17, 15) is 9.59 Å². The number of Topliss-reactive ketones (excluding diaryl/α,β-unsaturated/α-hetero) is 1. The van der Waals surface area contributed by atoms with E-state index in [0.29, 0.717) is 44.2 Å². The van der Waals surface area contributed by atoms with Gasteiger partial charge in [-0.25, -0.2) is 0 Å². The molecule has 0 spiro atoms. The van der Waals surface area contributed by atoms with Crippen LogP contribution in [0.4, 0.5) is 0 Å². The standard InChI is InChI=1S/C12H19N3O2/c1-15(9-12(17)14-8-2-7-13)10-3-5-11(16)6-4-10/h10H,2-6,8-9H2,1H3,(H,14,17). The van der Waals surface area contributed by atoms with E-state index in [1.54, 1.807) is 0 Å². The maximum Gasteiger partial charge on any atom is 0.234 e. The van der Waals surface area contributed by atoms with Crippen molar-refractivity contribution < 1.29 is 9.59 Å². The van der Waals surface area contributed by atoms with Crippen molar-refractivity contribution >= 4 is 11.7 Å². The first-order valence-corrected chi connectivity index (χ1v) is 5.99. The Morgan fingerprint density at radius 3 is 2.76 bits per heavy atom. The molecule has 0 heterocycles. The molecule has 1 aliphatic carbocycles. The number of nitrogens with zero attached hydrogens (tertiary/aromatic N) is 2. The van der Waals surface area contributed by atoms with Gasteiger partial charge in [0, 0.05) is 25.4 Å². The molecule has 94 valence electrons. The van der Waals surface area contributed by atoms with Crippen LogP contribution >= 0.6 is 0 Å². The smallest absolute Gasteiger partial charge is 0.234 e. The molecule has 0 atom stereocenters. The Bertz CT molecular complexity index is 312. The molecule has 1 aliphatic rings. The SMILES string of the molecule is CN(CC(=O)NCCC#N)C1CCC(=O)CC1. The van der Waals surface area contributed by atoms with Crippen molar-refractivity contribution in [2.24, 2.45) is 0 Å². The summed E-state index contributed by atoms with van der Waals surface area (Å²) in [4.78, 5) is 24.6. The second kappa shape index (κ2) is 7.02. The first-order valence-electron chi connectivity index (χ1n) is 5.99. The van der Waals surface area contributed by atoms with Crippen molar-refractivity contribution in [3.05, 3.63) is 0 Å². The van der Waals surface area contributed by atoms with Crippen LogP contribution in [-0.2, 0) is 9.59 Å². The van der Waals surface area contributed by atoms with Gasteiger partial charge in [-0.2, -0.15) is 5.26 Å². The zero-order valence-electron chi connectivity index (χ0n) is 10.2. The number of carbonyl (C=O) groups is 2. The summed E-state index contributed by atoms with van der Waals surface area (Å²) in [6, 6.07) is 2.31. The van der Waals surface area contributed by atoms with Gasteiger partial charge in [-0.05, 0) is 19.9 Å². The molecule has 0 aliphatic heterocycles. The fourth-order valence-electron chi connectivity index (χ4n) is 2.03. The Hall–Kier alpha value is -1.41. The minimum absolute atomic E-state index is 0.0559. The molecule has 1 saturated carbocycles. The Kier molecular flexibility index (Phi) is 5.64. The molecule has 1 amide bonds. The Balaban J connectivity index is 2.24. The summed E-state index contributed by atoms with van der Waals surface area (Å²) in [7, 11) is 1.91. The largest absolute Gasteiger partial charge is 0.354 e. The lowest BCUT2D eigenvalue weighted by Gasteiger charge is -2.30. The molecule has 5 heteroatoms. The maximum absolute atomic E-state index is 11.5. The zero-order valence-corrected chi connectivity index (χ0v) is 10.2. The van der Waals surface area contributed by atoms with E-state index in [4.69, 9.17) is 5.26 Å². The highest BCUT2D eigenvalue weighted by Crippen LogP contribution is 2.18. The van der Waals surface area contributed by atoms with E-state index in [2.05, 4.69) is 5.32 Å². The summed E-state index contributed by atoms with van der Waals surface area (Å²) >= 11 is 0. The minimum atomic E-state index is -0.0559. The van der Waals surface area contributed by atoms with Gasteiger partial charge < -0.3 is 5.32 Å². The third kappa shape index (κ3) is 4.96. The molecule has 0 bridgehead atoms. The number of carbonyl (C=O) groups excluding carboxylic acids is 2. The molecular formula is C12H19N3O2. The predicted octanol–water partition coefficient (Wildman–Crippen LogP) is 0.460. The number of amides is 1. The van der Waals surface area contributed by atoms with Crippen LogP contribution in [-0.4, -0.2) is 42.8 Å². The number of likely N-dealkylation sites (N-methyl/N-ethyl adjacent to an activating group) is 1. The topological polar surface area (TPSA) is 73.2 Å². The number of nitrogens with one attached hydrogen (secondary N) is 1. The van der Waals surface area contributed by atoms with Gasteiger partial charge in [0.25, 0.3) is 0 Å². The number of hydrogen-bond acceptors (Lipinski definition) is 4. The number of rotatable bonds is 5. The molecule has 0 aromatic carbocycles. The summed E-state index contributed by atoms with van der Waals surface area (Å²) < 4.78 is 0. The second-order valence-electron chi connectivity index (χ2n) is 4.44. The average Bonchev–Trinajstić information content (AvgIpc) is 2.30. The van der Waals surface area contributed by atoms with Crippen LogP contribution in [0.1, 0.15) is 32.1 Å². The Morgan fingerprint density at radius 2 is 2.18 bits per heavy atom. The van der Waals surface area contributed by atoms with E-state index in [1.807, 2.05) is 18.0 Å². The number of hydrogen-bond donors (Lipinski definition) is 1. The van der Waals surface area contributed by atoms with Crippen molar-refractivity contribution in [2.75, 3.05) is 20.1 Å². The first-order chi connectivity index (χ1) is 8.13. The van der Waals surface area contributed by atoms with Crippen LogP contribution in [0.25, 0.3) is 0 Å². The van der Waals surface area contributed by atoms with Gasteiger partial charge in [0.1, 0.15) is 5.78 Å². The summed E-state index contributed by atoms with van der Waals surface area (Å²) in [6.07, 6.45) is 3.30. The Labute approximate surface area is 102 Å². The van der Waals surface area contributed by atoms with E-state index < -0.39 is 0 Å². The second-order valence-corrected chi connectivity index (χ2v) is 4.44. The molecule has 0 saturated heterocycles. The molecule has 0 unspecified atom stereocenters. The summed E-state index contributed by atoms with van der Waals surface area (Å²) in [5.74, 6) is 0.271. The van der Waals surface area contributed by atoms with E-state index in [0.717, 1.165) is 12.8 Å². The fourth-order valence-corrected chi connectivity index (χ4v) is 2.03. The van der Waals surface area contributed by atoms with E-state index >= 15 is 0 Å². The third-order valence-electron chi connectivity index (χ3n) is 3.09. The fraction of sp³-hybridized carbons (Fsp3) is 0.750. The molecule has 0 aromatic rings. The lowest BCUT2D eigenvalue weighted by molar-refractivity contribution is -0.123. The van der Waals surface area contributed by atoms with E-state index in [-0.39, 0.29) is 5.91 Å². The van der Waals surface area contributed by atoms with Crippen molar-refractivity contribution in [2.45, 2.75) is 38.1 Å². The lowest BCUT2D eigenvalue weighted by Crippen LogP contribution is -2.42. The average molecular weight is 237 g/mol. The van der Waals surface area contributed by atoms with E-state index in [1.165, 1.54) is 0 Å². The van der Waals surface area contributed by atoms with Gasteiger partial charge in [0.15, 0.2) is 0 Å². The monoisotopic (exact) mass is 237 g/mol. The normalized spacial score (nSPS) is 16.9. The van der Waals surface area contributed by atoms with Gasteiger partial charge in [0.05, 0.1) is 19.0 Å². The summed E-state index contributed by atoms with van der Waals surface area (Å²) in [6.45, 7) is 0.747. The van der Waals surface area contributed by atoms with Crippen LogP contribution in [0.15, 0.2) is 0 Å². The molecule has 0 radical (unpaired) electrons.